The summed E-state index contributed by atoms with van der Waals surface area (Å²) in [5.74, 6) is 0. The number of hydrogen-bond acceptors (Lipinski definition) is 3. The van der Waals surface area contributed by atoms with Gasteiger partial charge < -0.3 is 5.73 Å². The van der Waals surface area contributed by atoms with Crippen LogP contribution in [-0.2, 0) is 13.1 Å². The Bertz CT molecular complexity index is 388. The highest BCUT2D eigenvalue weighted by Gasteiger charge is 2.13. The third-order valence-corrected chi connectivity index (χ3v) is 3.46. The number of hydrogen-bond donors (Lipinski definition) is 1. The van der Waals surface area contributed by atoms with Gasteiger partial charge in [0.1, 0.15) is 0 Å². The predicted octanol–water partition coefficient (Wildman–Crippen LogP) is 1.69. The summed E-state index contributed by atoms with van der Waals surface area (Å²) >= 11 is 8.45. The molecule has 4 nitrogen and oxygen atoms in total. The van der Waals surface area contributed by atoms with E-state index in [0.717, 1.165) is 23.3 Å². The molecule has 2 N–H and O–H groups in total. The van der Waals surface area contributed by atoms with Crippen molar-refractivity contribution in [3.63, 3.8) is 0 Å². The molecule has 6 heteroatoms. The zero-order valence-electron chi connectivity index (χ0n) is 9.83. The molecule has 0 aliphatic heterocycles. The number of rotatable bonds is 5. The van der Waals surface area contributed by atoms with Gasteiger partial charge in [0.05, 0.1) is 20.8 Å². The second kappa shape index (κ2) is 5.75. The monoisotopic (exact) mass is 304 g/mol. The van der Waals surface area contributed by atoms with Gasteiger partial charge in [-0.25, -0.2) is 0 Å². The number of aryl methyl sites for hydroxylation is 2. The lowest BCUT2D eigenvalue weighted by Gasteiger charge is -2.16. The van der Waals surface area contributed by atoms with Gasteiger partial charge in [-0.2, -0.15) is 5.10 Å². The molecule has 0 amide bonds. The van der Waals surface area contributed by atoms with Gasteiger partial charge in [0, 0.05) is 19.6 Å². The van der Waals surface area contributed by atoms with Crippen LogP contribution in [0.15, 0.2) is 4.47 Å². The Morgan fingerprint density at radius 2 is 2.25 bits per heavy atom. The summed E-state index contributed by atoms with van der Waals surface area (Å²) in [4.78, 5) is 2.59. The topological polar surface area (TPSA) is 47.1 Å². The fourth-order valence-corrected chi connectivity index (χ4v) is 2.23. The van der Waals surface area contributed by atoms with E-state index in [9.17, 15) is 0 Å². The van der Waals surface area contributed by atoms with E-state index in [1.165, 1.54) is 5.69 Å². The third kappa shape index (κ3) is 3.26. The van der Waals surface area contributed by atoms with Gasteiger partial charge in [-0.3, -0.25) is 9.58 Å². The highest BCUT2D eigenvalue weighted by Crippen LogP contribution is 2.22. The molecule has 1 rings (SSSR count). The van der Waals surface area contributed by atoms with E-state index in [1.807, 2.05) is 18.7 Å². The van der Waals surface area contributed by atoms with Crippen LogP contribution in [0.4, 0.5) is 0 Å². The van der Waals surface area contributed by atoms with Crippen molar-refractivity contribution in [2.24, 2.45) is 5.73 Å². The zero-order chi connectivity index (χ0) is 12.3. The largest absolute Gasteiger partial charge is 0.392 e. The van der Waals surface area contributed by atoms with E-state index >= 15 is 0 Å². The van der Waals surface area contributed by atoms with Crippen molar-refractivity contribution in [3.8, 4) is 0 Å². The van der Waals surface area contributed by atoms with E-state index in [-0.39, 0.29) is 0 Å². The number of nitrogens with two attached hydrogens (primary N) is 1. The lowest BCUT2D eigenvalue weighted by molar-refractivity contribution is 0.357. The molecule has 1 aromatic rings. The Kier molecular flexibility index (Phi) is 4.89. The average molecular weight is 305 g/mol. The number of thiocarbonyl (C=S) groups is 1. The van der Waals surface area contributed by atoms with Crippen LogP contribution in [0.1, 0.15) is 18.3 Å². The minimum atomic E-state index is 0.512. The first-order valence-corrected chi connectivity index (χ1v) is 6.34. The summed E-state index contributed by atoms with van der Waals surface area (Å²) in [5, 5.41) is 4.44. The molecule has 0 unspecified atom stereocenters. The average Bonchev–Trinajstić information content (AvgIpc) is 2.44. The van der Waals surface area contributed by atoms with Crippen molar-refractivity contribution in [1.29, 1.82) is 0 Å². The molecule has 1 aromatic heterocycles. The van der Waals surface area contributed by atoms with E-state index in [2.05, 4.69) is 32.9 Å². The highest BCUT2D eigenvalue weighted by molar-refractivity contribution is 9.10. The predicted molar refractivity (Wildman–Crippen MR) is 73.5 cm³/mol. The standard InChI is InChI=1S/C10H17BrN4S/c1-4-15-8(10(11)7(2)13-15)5-14(3)6-9(12)16/h4-6H2,1-3H3,(H2,12,16). The Labute approximate surface area is 110 Å². The fourth-order valence-electron chi connectivity index (χ4n) is 1.60. The summed E-state index contributed by atoms with van der Waals surface area (Å²) in [6, 6.07) is 0. The van der Waals surface area contributed by atoms with Crippen LogP contribution in [0.5, 0.6) is 0 Å². The maximum absolute atomic E-state index is 5.52. The molecule has 16 heavy (non-hydrogen) atoms. The minimum absolute atomic E-state index is 0.512. The van der Waals surface area contributed by atoms with Gasteiger partial charge in [-0.05, 0) is 36.8 Å². The van der Waals surface area contributed by atoms with Crippen molar-refractivity contribution >= 4 is 33.1 Å². The van der Waals surface area contributed by atoms with Gasteiger partial charge in [-0.1, -0.05) is 12.2 Å². The van der Waals surface area contributed by atoms with Gasteiger partial charge in [0.15, 0.2) is 0 Å². The van der Waals surface area contributed by atoms with Crippen LogP contribution in [-0.4, -0.2) is 33.3 Å². The Morgan fingerprint density at radius 3 is 2.75 bits per heavy atom. The lowest BCUT2D eigenvalue weighted by atomic mass is 10.3. The van der Waals surface area contributed by atoms with Crippen LogP contribution >= 0.6 is 28.1 Å². The van der Waals surface area contributed by atoms with Crippen LogP contribution in [0.2, 0.25) is 0 Å². The number of likely N-dealkylation sites (N-methyl/N-ethyl adjacent to an activating group) is 1. The summed E-state index contributed by atoms with van der Waals surface area (Å²) in [6.07, 6.45) is 0. The summed E-state index contributed by atoms with van der Waals surface area (Å²) in [6.45, 7) is 6.34. The van der Waals surface area contributed by atoms with Crippen molar-refractivity contribution < 1.29 is 0 Å². The third-order valence-electron chi connectivity index (χ3n) is 2.30. The minimum Gasteiger partial charge on any atom is -0.392 e. The first-order valence-electron chi connectivity index (χ1n) is 5.14. The molecule has 0 fully saturated rings. The lowest BCUT2D eigenvalue weighted by Crippen LogP contribution is -2.29. The van der Waals surface area contributed by atoms with Gasteiger partial charge in [-0.15, -0.1) is 0 Å². The number of aromatic nitrogens is 2. The SMILES string of the molecule is CCn1nc(C)c(Br)c1CN(C)CC(N)=S. The van der Waals surface area contributed by atoms with Crippen LogP contribution < -0.4 is 5.73 Å². The van der Waals surface area contributed by atoms with Crippen molar-refractivity contribution in [2.45, 2.75) is 26.9 Å². The highest BCUT2D eigenvalue weighted by atomic mass is 79.9. The molecule has 0 saturated heterocycles. The molecule has 1 heterocycles. The number of nitrogens with zero attached hydrogens (tertiary/aromatic N) is 3. The van der Waals surface area contributed by atoms with E-state index in [4.69, 9.17) is 18.0 Å². The van der Waals surface area contributed by atoms with Crippen LogP contribution in [0, 0.1) is 6.92 Å². The second-order valence-electron chi connectivity index (χ2n) is 3.80. The smallest absolute Gasteiger partial charge is 0.0870 e. The quantitative estimate of drug-likeness (QED) is 0.841. The molecule has 0 atom stereocenters. The molecule has 0 saturated carbocycles. The first kappa shape index (κ1) is 13.6. The van der Waals surface area contributed by atoms with Gasteiger partial charge in [0.25, 0.3) is 0 Å². The Hall–Kier alpha value is -0.460. The van der Waals surface area contributed by atoms with Crippen LogP contribution in [0.3, 0.4) is 0 Å². The molecule has 0 aliphatic rings. The Morgan fingerprint density at radius 1 is 1.62 bits per heavy atom. The molecule has 0 radical (unpaired) electrons. The molecule has 0 aliphatic carbocycles. The van der Waals surface area contributed by atoms with E-state index < -0.39 is 0 Å². The molecule has 0 spiro atoms. The fraction of sp³-hybridized carbons (Fsp3) is 0.600. The van der Waals surface area contributed by atoms with Crippen molar-refractivity contribution in [1.82, 2.24) is 14.7 Å². The van der Waals surface area contributed by atoms with Crippen molar-refractivity contribution in [3.05, 3.63) is 15.9 Å². The molecule has 90 valence electrons. The molecular formula is C10H17BrN4S. The molecular weight excluding hydrogens is 288 g/mol. The maximum Gasteiger partial charge on any atom is 0.0870 e. The number of halogens is 1. The van der Waals surface area contributed by atoms with Gasteiger partial charge >= 0.3 is 0 Å². The summed E-state index contributed by atoms with van der Waals surface area (Å²) < 4.78 is 3.07. The maximum atomic E-state index is 5.52. The summed E-state index contributed by atoms with van der Waals surface area (Å²) in [5.41, 5.74) is 7.70. The first-order chi connectivity index (χ1) is 7.45. The van der Waals surface area contributed by atoms with Crippen LogP contribution in [0.25, 0.3) is 0 Å². The van der Waals surface area contributed by atoms with Crippen molar-refractivity contribution in [2.75, 3.05) is 13.6 Å². The molecule has 0 aromatic carbocycles. The zero-order valence-corrected chi connectivity index (χ0v) is 12.2. The normalized spacial score (nSPS) is 11.1. The van der Waals surface area contributed by atoms with E-state index in [1.54, 1.807) is 0 Å². The van der Waals surface area contributed by atoms with E-state index in [0.29, 0.717) is 11.5 Å². The summed E-state index contributed by atoms with van der Waals surface area (Å²) in [7, 11) is 1.99. The second-order valence-corrected chi connectivity index (χ2v) is 5.12. The van der Waals surface area contributed by atoms with Gasteiger partial charge in [0.2, 0.25) is 0 Å². The Balaban J connectivity index is 2.83. The molecule has 0 bridgehead atoms.